The minimum Gasteiger partial charge on any atom is -0.394 e. The largest absolute Gasteiger partial charge is 0.394 e. The van der Waals surface area contributed by atoms with E-state index in [9.17, 15) is 5.11 Å². The van der Waals surface area contributed by atoms with Crippen LogP contribution in [0.2, 0.25) is 0 Å². The lowest BCUT2D eigenvalue weighted by Gasteiger charge is -2.42. The molecule has 20 heavy (non-hydrogen) atoms. The maximum atomic E-state index is 9.73. The van der Waals surface area contributed by atoms with E-state index in [0.29, 0.717) is 18.1 Å². The Morgan fingerprint density at radius 2 is 1.65 bits per heavy atom. The van der Waals surface area contributed by atoms with E-state index >= 15 is 0 Å². The van der Waals surface area contributed by atoms with Crippen molar-refractivity contribution in [1.82, 2.24) is 15.1 Å². The van der Waals surface area contributed by atoms with Crippen LogP contribution < -0.4 is 5.32 Å². The number of aliphatic hydroxyl groups excluding tert-OH is 1. The summed E-state index contributed by atoms with van der Waals surface area (Å²) < 4.78 is 0. The predicted molar refractivity (Wildman–Crippen MR) is 84.0 cm³/mol. The normalized spacial score (nSPS) is 26.7. The van der Waals surface area contributed by atoms with Crippen LogP contribution in [0.5, 0.6) is 0 Å². The number of rotatable bonds is 7. The van der Waals surface area contributed by atoms with Crippen LogP contribution in [0.25, 0.3) is 0 Å². The molecule has 0 aromatic heterocycles. The number of aliphatic hydroxyl groups is 1. The Bertz CT molecular complexity index is 298. The van der Waals surface area contributed by atoms with Gasteiger partial charge in [0, 0.05) is 49.8 Å². The predicted octanol–water partition coefficient (Wildman–Crippen LogP) is 1.29. The maximum Gasteiger partial charge on any atom is 0.0611 e. The van der Waals surface area contributed by atoms with Gasteiger partial charge >= 0.3 is 0 Å². The van der Waals surface area contributed by atoms with Crippen molar-refractivity contribution in [1.29, 1.82) is 0 Å². The lowest BCUT2D eigenvalue weighted by molar-refractivity contribution is 0.0596. The summed E-state index contributed by atoms with van der Waals surface area (Å²) in [7, 11) is 0. The Balaban J connectivity index is 1.80. The number of hydrogen-bond acceptors (Lipinski definition) is 4. The highest BCUT2D eigenvalue weighted by atomic mass is 16.3. The molecule has 118 valence electrons. The second-order valence-corrected chi connectivity index (χ2v) is 7.36. The summed E-state index contributed by atoms with van der Waals surface area (Å²) in [5.41, 5.74) is -0.115. The number of piperazine rings is 1. The first kappa shape index (κ1) is 16.2. The monoisotopic (exact) mass is 283 g/mol. The summed E-state index contributed by atoms with van der Waals surface area (Å²) in [6.07, 6.45) is 3.58. The van der Waals surface area contributed by atoms with Gasteiger partial charge in [-0.1, -0.05) is 0 Å². The summed E-state index contributed by atoms with van der Waals surface area (Å²) in [5, 5.41) is 13.4. The molecule has 1 heterocycles. The summed E-state index contributed by atoms with van der Waals surface area (Å²) >= 11 is 0. The fourth-order valence-electron chi connectivity index (χ4n) is 3.37. The fourth-order valence-corrected chi connectivity index (χ4v) is 3.37. The smallest absolute Gasteiger partial charge is 0.0611 e. The average Bonchev–Trinajstić information content (AvgIpc) is 3.22. The molecule has 2 rings (SSSR count). The number of nitrogens with one attached hydrogen (secondary N) is 1. The molecule has 2 fully saturated rings. The molecule has 2 N–H and O–H groups in total. The molecular formula is C16H33N3O. The third kappa shape index (κ3) is 4.42. The van der Waals surface area contributed by atoms with Gasteiger partial charge in [-0.05, 0) is 47.0 Å². The van der Waals surface area contributed by atoms with Gasteiger partial charge in [0.15, 0.2) is 0 Å². The van der Waals surface area contributed by atoms with Crippen LogP contribution >= 0.6 is 0 Å². The van der Waals surface area contributed by atoms with Gasteiger partial charge in [-0.25, -0.2) is 0 Å². The molecule has 0 aromatic carbocycles. The zero-order chi connectivity index (χ0) is 14.8. The van der Waals surface area contributed by atoms with E-state index in [1.807, 2.05) is 0 Å². The molecular weight excluding hydrogens is 250 g/mol. The maximum absolute atomic E-state index is 9.73. The van der Waals surface area contributed by atoms with Crippen molar-refractivity contribution in [3.05, 3.63) is 0 Å². The third-order valence-electron chi connectivity index (χ3n) is 4.93. The molecule has 1 aliphatic heterocycles. The highest BCUT2D eigenvalue weighted by molar-refractivity contribution is 4.95. The molecule has 4 nitrogen and oxygen atoms in total. The SMILES string of the molecule is CC(C)N1CCN(C(C)CC(C)(CO)NC2CC2)CC1. The van der Waals surface area contributed by atoms with Gasteiger partial charge in [0.25, 0.3) is 0 Å². The molecule has 4 heteroatoms. The van der Waals surface area contributed by atoms with Crippen molar-refractivity contribution in [2.45, 2.75) is 70.6 Å². The minimum atomic E-state index is -0.115. The third-order valence-corrected chi connectivity index (χ3v) is 4.93. The zero-order valence-corrected chi connectivity index (χ0v) is 13.7. The van der Waals surface area contributed by atoms with Gasteiger partial charge in [-0.2, -0.15) is 0 Å². The minimum absolute atomic E-state index is 0.115. The molecule has 0 amide bonds. The van der Waals surface area contributed by atoms with Crippen LogP contribution in [0, 0.1) is 0 Å². The molecule has 0 bridgehead atoms. The van der Waals surface area contributed by atoms with Gasteiger partial charge < -0.3 is 10.4 Å². The van der Waals surface area contributed by atoms with Crippen molar-refractivity contribution in [3.8, 4) is 0 Å². The quantitative estimate of drug-likeness (QED) is 0.738. The van der Waals surface area contributed by atoms with Crippen LogP contribution in [-0.2, 0) is 0 Å². The first-order valence-electron chi connectivity index (χ1n) is 8.30. The second-order valence-electron chi connectivity index (χ2n) is 7.36. The van der Waals surface area contributed by atoms with E-state index in [-0.39, 0.29) is 12.1 Å². The molecule has 2 unspecified atom stereocenters. The first-order chi connectivity index (χ1) is 9.43. The summed E-state index contributed by atoms with van der Waals surface area (Å²) in [6, 6.07) is 1.84. The van der Waals surface area contributed by atoms with Gasteiger partial charge in [-0.3, -0.25) is 9.80 Å². The molecule has 0 aromatic rings. The van der Waals surface area contributed by atoms with E-state index in [1.54, 1.807) is 0 Å². The lowest BCUT2D eigenvalue weighted by Crippen LogP contribution is -2.55. The van der Waals surface area contributed by atoms with Gasteiger partial charge in [0.2, 0.25) is 0 Å². The number of nitrogens with zero attached hydrogens (tertiary/aromatic N) is 2. The van der Waals surface area contributed by atoms with Gasteiger partial charge in [0.05, 0.1) is 6.61 Å². The summed E-state index contributed by atoms with van der Waals surface area (Å²) in [5.74, 6) is 0. The highest BCUT2D eigenvalue weighted by Crippen LogP contribution is 2.26. The van der Waals surface area contributed by atoms with Crippen LogP contribution in [0.1, 0.15) is 47.0 Å². The molecule has 2 aliphatic rings. The Morgan fingerprint density at radius 3 is 2.10 bits per heavy atom. The number of hydrogen-bond donors (Lipinski definition) is 2. The van der Waals surface area contributed by atoms with Crippen molar-refractivity contribution < 1.29 is 5.11 Å². The van der Waals surface area contributed by atoms with Crippen molar-refractivity contribution >= 4 is 0 Å². The van der Waals surface area contributed by atoms with E-state index in [4.69, 9.17) is 0 Å². The van der Waals surface area contributed by atoms with Gasteiger partial charge in [0.1, 0.15) is 0 Å². The second kappa shape index (κ2) is 6.73. The van der Waals surface area contributed by atoms with E-state index in [1.165, 1.54) is 25.9 Å². The van der Waals surface area contributed by atoms with E-state index in [2.05, 4.69) is 42.8 Å². The lowest BCUT2D eigenvalue weighted by atomic mass is 9.93. The molecule has 2 atom stereocenters. The Kier molecular flexibility index (Phi) is 5.46. The zero-order valence-electron chi connectivity index (χ0n) is 13.7. The molecule has 0 spiro atoms. The average molecular weight is 283 g/mol. The Morgan fingerprint density at radius 1 is 1.10 bits per heavy atom. The van der Waals surface area contributed by atoms with Crippen molar-refractivity contribution in [2.24, 2.45) is 0 Å². The summed E-state index contributed by atoms with van der Waals surface area (Å²) in [4.78, 5) is 5.14. The van der Waals surface area contributed by atoms with E-state index < -0.39 is 0 Å². The first-order valence-corrected chi connectivity index (χ1v) is 8.30. The van der Waals surface area contributed by atoms with Crippen molar-refractivity contribution in [2.75, 3.05) is 32.8 Å². The fraction of sp³-hybridized carbons (Fsp3) is 1.00. The van der Waals surface area contributed by atoms with E-state index in [0.717, 1.165) is 19.5 Å². The Hall–Kier alpha value is -0.160. The molecule has 1 saturated carbocycles. The Labute approximate surface area is 124 Å². The van der Waals surface area contributed by atoms with Crippen LogP contribution in [0.3, 0.4) is 0 Å². The standard InChI is InChI=1S/C16H33N3O/c1-13(2)18-7-9-19(10-8-18)14(3)11-16(4,12-20)17-15-5-6-15/h13-15,17,20H,5-12H2,1-4H3. The van der Waals surface area contributed by atoms with Crippen LogP contribution in [0.4, 0.5) is 0 Å². The molecule has 1 aliphatic carbocycles. The van der Waals surface area contributed by atoms with Crippen LogP contribution in [-0.4, -0.2) is 71.4 Å². The topological polar surface area (TPSA) is 38.7 Å². The highest BCUT2D eigenvalue weighted by Gasteiger charge is 2.34. The molecule has 1 saturated heterocycles. The summed E-state index contributed by atoms with van der Waals surface area (Å²) in [6.45, 7) is 13.9. The van der Waals surface area contributed by atoms with Crippen LogP contribution in [0.15, 0.2) is 0 Å². The molecule has 0 radical (unpaired) electrons. The van der Waals surface area contributed by atoms with Crippen molar-refractivity contribution in [3.63, 3.8) is 0 Å². The van der Waals surface area contributed by atoms with Gasteiger partial charge in [-0.15, -0.1) is 0 Å².